The molecule has 2 aromatic rings. The number of benzene rings is 1. The average molecular weight is 353 g/mol. The van der Waals surface area contributed by atoms with Crippen LogP contribution in [-0.4, -0.2) is 64.9 Å². The van der Waals surface area contributed by atoms with E-state index >= 15 is 0 Å². The van der Waals surface area contributed by atoms with Crippen LogP contribution in [0.2, 0.25) is 0 Å². The van der Waals surface area contributed by atoms with Gasteiger partial charge in [0.15, 0.2) is 0 Å². The second kappa shape index (κ2) is 8.76. The van der Waals surface area contributed by atoms with Gasteiger partial charge >= 0.3 is 0 Å². The number of rotatable bonds is 6. The van der Waals surface area contributed by atoms with E-state index in [2.05, 4.69) is 57.9 Å². The lowest BCUT2D eigenvalue weighted by molar-refractivity contribution is 0.0622. The summed E-state index contributed by atoms with van der Waals surface area (Å²) in [6.45, 7) is 10.1. The minimum absolute atomic E-state index is 0.000155. The van der Waals surface area contributed by atoms with Crippen LogP contribution in [0.5, 0.6) is 0 Å². The van der Waals surface area contributed by atoms with Gasteiger partial charge in [0.1, 0.15) is 17.8 Å². The van der Waals surface area contributed by atoms with Crippen molar-refractivity contribution in [3.63, 3.8) is 0 Å². The maximum absolute atomic E-state index is 12.8. The highest BCUT2D eigenvalue weighted by Gasteiger charge is 2.23. The third-order valence-corrected chi connectivity index (χ3v) is 4.87. The molecule has 1 aromatic heterocycles. The Labute approximate surface area is 155 Å². The largest absolute Gasteiger partial charge is 0.357 e. The number of nitrogens with zero attached hydrogens (tertiary/aromatic N) is 5. The van der Waals surface area contributed by atoms with E-state index in [1.807, 2.05) is 17.0 Å². The van der Waals surface area contributed by atoms with Gasteiger partial charge in [0.2, 0.25) is 0 Å². The molecule has 0 aliphatic carbocycles. The van der Waals surface area contributed by atoms with E-state index < -0.39 is 0 Å². The molecule has 1 amide bonds. The van der Waals surface area contributed by atoms with Gasteiger partial charge in [-0.2, -0.15) is 0 Å². The van der Waals surface area contributed by atoms with Crippen LogP contribution >= 0.6 is 0 Å². The Morgan fingerprint density at radius 2 is 1.73 bits per heavy atom. The van der Waals surface area contributed by atoms with Crippen molar-refractivity contribution in [3.05, 3.63) is 54.0 Å². The molecule has 1 fully saturated rings. The van der Waals surface area contributed by atoms with Gasteiger partial charge in [-0.15, -0.1) is 0 Å². The molecule has 1 aliphatic heterocycles. The second-order valence-electron chi connectivity index (χ2n) is 6.49. The van der Waals surface area contributed by atoms with Crippen LogP contribution in [0.25, 0.3) is 0 Å². The van der Waals surface area contributed by atoms with Crippen molar-refractivity contribution in [2.45, 2.75) is 20.4 Å². The van der Waals surface area contributed by atoms with Gasteiger partial charge in [0, 0.05) is 51.9 Å². The number of hydrogen-bond acceptors (Lipinski definition) is 5. The molecule has 1 aliphatic rings. The number of carbonyl (C=O) groups is 1. The monoisotopic (exact) mass is 353 g/mol. The SMILES string of the molecule is CCN(CC)c1cc(C(=O)N2CCN(Cc3ccccc3)CC2)ncn1. The molecule has 1 saturated heterocycles. The Morgan fingerprint density at radius 1 is 1.04 bits per heavy atom. The summed E-state index contributed by atoms with van der Waals surface area (Å²) in [5.74, 6) is 0.816. The van der Waals surface area contributed by atoms with E-state index in [0.717, 1.165) is 51.6 Å². The maximum atomic E-state index is 12.8. The Kier molecular flexibility index (Phi) is 6.17. The van der Waals surface area contributed by atoms with Crippen LogP contribution in [-0.2, 0) is 6.54 Å². The van der Waals surface area contributed by atoms with Crippen molar-refractivity contribution in [1.82, 2.24) is 19.8 Å². The third kappa shape index (κ3) is 4.38. The fourth-order valence-corrected chi connectivity index (χ4v) is 3.30. The molecule has 0 bridgehead atoms. The van der Waals surface area contributed by atoms with E-state index in [-0.39, 0.29) is 5.91 Å². The van der Waals surface area contributed by atoms with Gasteiger partial charge in [0.25, 0.3) is 5.91 Å². The first-order valence-corrected chi connectivity index (χ1v) is 9.33. The van der Waals surface area contributed by atoms with E-state index in [1.54, 1.807) is 0 Å². The van der Waals surface area contributed by atoms with Gasteiger partial charge in [-0.05, 0) is 19.4 Å². The zero-order valence-electron chi connectivity index (χ0n) is 15.6. The van der Waals surface area contributed by atoms with E-state index in [9.17, 15) is 4.79 Å². The minimum atomic E-state index is 0.000155. The lowest BCUT2D eigenvalue weighted by Crippen LogP contribution is -2.48. The summed E-state index contributed by atoms with van der Waals surface area (Å²) in [4.78, 5) is 27.7. The highest BCUT2D eigenvalue weighted by atomic mass is 16.2. The Balaban J connectivity index is 1.59. The van der Waals surface area contributed by atoms with Crippen molar-refractivity contribution in [2.24, 2.45) is 0 Å². The van der Waals surface area contributed by atoms with E-state index in [0.29, 0.717) is 5.69 Å². The first-order valence-electron chi connectivity index (χ1n) is 9.33. The summed E-state index contributed by atoms with van der Waals surface area (Å²) in [6.07, 6.45) is 1.49. The smallest absolute Gasteiger partial charge is 0.272 e. The Hall–Kier alpha value is -2.47. The second-order valence-corrected chi connectivity index (χ2v) is 6.49. The molecule has 26 heavy (non-hydrogen) atoms. The van der Waals surface area contributed by atoms with Gasteiger partial charge in [0.05, 0.1) is 0 Å². The van der Waals surface area contributed by atoms with Crippen molar-refractivity contribution >= 4 is 11.7 Å². The number of carbonyl (C=O) groups excluding carboxylic acids is 1. The maximum Gasteiger partial charge on any atom is 0.272 e. The van der Waals surface area contributed by atoms with Gasteiger partial charge < -0.3 is 9.80 Å². The zero-order chi connectivity index (χ0) is 18.4. The van der Waals surface area contributed by atoms with Gasteiger partial charge in [-0.1, -0.05) is 30.3 Å². The predicted molar refractivity (Wildman–Crippen MR) is 103 cm³/mol. The summed E-state index contributed by atoms with van der Waals surface area (Å²) in [5.41, 5.74) is 1.80. The van der Waals surface area contributed by atoms with Crippen LogP contribution in [0.3, 0.4) is 0 Å². The topological polar surface area (TPSA) is 52.6 Å². The van der Waals surface area contributed by atoms with Crippen LogP contribution in [0.4, 0.5) is 5.82 Å². The van der Waals surface area contributed by atoms with E-state index in [1.165, 1.54) is 11.9 Å². The van der Waals surface area contributed by atoms with Crippen molar-refractivity contribution in [3.8, 4) is 0 Å². The summed E-state index contributed by atoms with van der Waals surface area (Å²) in [5, 5.41) is 0. The van der Waals surface area contributed by atoms with Crippen molar-refractivity contribution in [1.29, 1.82) is 0 Å². The molecule has 0 N–H and O–H groups in total. The lowest BCUT2D eigenvalue weighted by atomic mass is 10.2. The summed E-state index contributed by atoms with van der Waals surface area (Å²) < 4.78 is 0. The molecule has 3 rings (SSSR count). The van der Waals surface area contributed by atoms with Crippen LogP contribution in [0, 0.1) is 0 Å². The molecule has 2 heterocycles. The summed E-state index contributed by atoms with van der Waals surface area (Å²) in [6, 6.07) is 12.3. The highest BCUT2D eigenvalue weighted by molar-refractivity contribution is 5.93. The summed E-state index contributed by atoms with van der Waals surface area (Å²) in [7, 11) is 0. The summed E-state index contributed by atoms with van der Waals surface area (Å²) >= 11 is 0. The molecule has 0 radical (unpaired) electrons. The molecule has 0 unspecified atom stereocenters. The van der Waals surface area contributed by atoms with E-state index in [4.69, 9.17) is 0 Å². The molecule has 1 aromatic carbocycles. The number of aromatic nitrogens is 2. The van der Waals surface area contributed by atoms with Crippen LogP contribution in [0.15, 0.2) is 42.7 Å². The fourth-order valence-electron chi connectivity index (χ4n) is 3.30. The standard InChI is InChI=1S/C20H27N5O/c1-3-24(4-2)19-14-18(21-16-22-19)20(26)25-12-10-23(11-13-25)15-17-8-6-5-7-9-17/h5-9,14,16H,3-4,10-13,15H2,1-2H3. The molecular weight excluding hydrogens is 326 g/mol. The normalized spacial score (nSPS) is 15.1. The zero-order valence-corrected chi connectivity index (χ0v) is 15.6. The molecule has 0 saturated carbocycles. The number of anilines is 1. The highest BCUT2D eigenvalue weighted by Crippen LogP contribution is 2.14. The van der Waals surface area contributed by atoms with Gasteiger partial charge in [-0.25, -0.2) is 9.97 Å². The number of amides is 1. The molecule has 6 nitrogen and oxygen atoms in total. The predicted octanol–water partition coefficient (Wildman–Crippen LogP) is 2.28. The number of piperazine rings is 1. The first-order chi connectivity index (χ1) is 12.7. The van der Waals surface area contributed by atoms with Crippen molar-refractivity contribution in [2.75, 3.05) is 44.2 Å². The molecular formula is C20H27N5O. The van der Waals surface area contributed by atoms with Crippen LogP contribution < -0.4 is 4.90 Å². The third-order valence-electron chi connectivity index (χ3n) is 4.87. The average Bonchev–Trinajstić information content (AvgIpc) is 2.70. The fraction of sp³-hybridized carbons (Fsp3) is 0.450. The lowest BCUT2D eigenvalue weighted by Gasteiger charge is -2.34. The molecule has 6 heteroatoms. The van der Waals surface area contributed by atoms with Gasteiger partial charge in [-0.3, -0.25) is 9.69 Å². The molecule has 138 valence electrons. The Morgan fingerprint density at radius 3 is 2.38 bits per heavy atom. The number of hydrogen-bond donors (Lipinski definition) is 0. The Bertz CT molecular complexity index is 709. The van der Waals surface area contributed by atoms with Crippen molar-refractivity contribution < 1.29 is 4.79 Å². The van der Waals surface area contributed by atoms with Crippen LogP contribution in [0.1, 0.15) is 29.9 Å². The molecule has 0 spiro atoms. The molecule has 0 atom stereocenters. The quantitative estimate of drug-likeness (QED) is 0.797. The minimum Gasteiger partial charge on any atom is -0.357 e. The first kappa shape index (κ1) is 18.3.